The minimum absolute atomic E-state index is 0.598. The molecule has 1 heterocycles. The van der Waals surface area contributed by atoms with Crippen molar-refractivity contribution in [1.29, 1.82) is 0 Å². The van der Waals surface area contributed by atoms with Crippen molar-refractivity contribution in [2.45, 2.75) is 24.9 Å². The van der Waals surface area contributed by atoms with E-state index in [2.05, 4.69) is 47.8 Å². The molecule has 1 N–H and O–H groups in total. The molecule has 1 fully saturated rings. The van der Waals surface area contributed by atoms with Crippen LogP contribution in [0, 0.1) is 0 Å². The summed E-state index contributed by atoms with van der Waals surface area (Å²) in [6.07, 6.45) is 1.23. The maximum absolute atomic E-state index is 5.62. The highest BCUT2D eigenvalue weighted by atomic mass is 16.6. The highest BCUT2D eigenvalue weighted by molar-refractivity contribution is 5.43. The highest BCUT2D eigenvalue weighted by Crippen LogP contribution is 2.41. The molecule has 0 spiro atoms. The summed E-state index contributed by atoms with van der Waals surface area (Å²) in [6.45, 7) is 2.17. The van der Waals surface area contributed by atoms with Crippen molar-refractivity contribution >= 4 is 0 Å². The molecular weight excluding hydrogens is 262 g/mol. The first-order chi connectivity index (χ1) is 10.4. The molecule has 1 saturated carbocycles. The quantitative estimate of drug-likeness (QED) is 0.934. The monoisotopic (exact) mass is 281 g/mol. The van der Waals surface area contributed by atoms with Gasteiger partial charge in [0, 0.05) is 18.5 Å². The number of hydrogen-bond donors (Lipinski definition) is 1. The molecule has 2 aliphatic rings. The normalized spacial score (nSPS) is 22.9. The van der Waals surface area contributed by atoms with Crippen molar-refractivity contribution in [2.24, 2.45) is 0 Å². The Kier molecular flexibility index (Phi) is 3.28. The van der Waals surface area contributed by atoms with Crippen LogP contribution in [0.1, 0.15) is 23.5 Å². The molecular formula is C18H19NO2. The first kappa shape index (κ1) is 12.7. The number of ether oxygens (including phenoxy) is 2. The lowest BCUT2D eigenvalue weighted by atomic mass is 10.1. The van der Waals surface area contributed by atoms with Crippen LogP contribution >= 0.6 is 0 Å². The average Bonchev–Trinajstić information content (AvgIpc) is 3.33. The Morgan fingerprint density at radius 2 is 1.76 bits per heavy atom. The minimum Gasteiger partial charge on any atom is -0.486 e. The summed E-state index contributed by atoms with van der Waals surface area (Å²) in [6, 6.07) is 17.5. The van der Waals surface area contributed by atoms with Crippen LogP contribution in [0.3, 0.4) is 0 Å². The molecule has 2 atom stereocenters. The van der Waals surface area contributed by atoms with E-state index in [4.69, 9.17) is 9.47 Å². The summed E-state index contributed by atoms with van der Waals surface area (Å²) in [7, 11) is 0. The van der Waals surface area contributed by atoms with Crippen molar-refractivity contribution in [1.82, 2.24) is 5.32 Å². The van der Waals surface area contributed by atoms with Gasteiger partial charge in [0.05, 0.1) is 0 Å². The van der Waals surface area contributed by atoms with Gasteiger partial charge in [0.1, 0.15) is 13.2 Å². The predicted molar refractivity (Wildman–Crippen MR) is 81.9 cm³/mol. The van der Waals surface area contributed by atoms with Crippen molar-refractivity contribution in [3.8, 4) is 11.5 Å². The maximum Gasteiger partial charge on any atom is 0.161 e. The van der Waals surface area contributed by atoms with E-state index in [0.717, 1.165) is 18.0 Å². The fourth-order valence-corrected chi connectivity index (χ4v) is 2.94. The van der Waals surface area contributed by atoms with E-state index in [-0.39, 0.29) is 0 Å². The van der Waals surface area contributed by atoms with Crippen molar-refractivity contribution in [3.05, 3.63) is 59.7 Å². The van der Waals surface area contributed by atoms with E-state index >= 15 is 0 Å². The van der Waals surface area contributed by atoms with Gasteiger partial charge in [-0.3, -0.25) is 0 Å². The fourth-order valence-electron chi connectivity index (χ4n) is 2.94. The number of hydrogen-bond acceptors (Lipinski definition) is 3. The molecule has 0 bridgehead atoms. The predicted octanol–water partition coefficient (Wildman–Crippen LogP) is 3.10. The Hall–Kier alpha value is -2.00. The molecule has 108 valence electrons. The van der Waals surface area contributed by atoms with E-state index in [1.807, 2.05) is 6.07 Å². The lowest BCUT2D eigenvalue weighted by Crippen LogP contribution is -2.18. The molecule has 1 aliphatic carbocycles. The van der Waals surface area contributed by atoms with Gasteiger partial charge in [-0.25, -0.2) is 0 Å². The SMILES string of the molecule is c1ccc([C@@H]2C[C@H]2NCc2ccc3c(c2)OCCO3)cc1. The molecule has 3 heteroatoms. The average molecular weight is 281 g/mol. The zero-order chi connectivity index (χ0) is 14.1. The Morgan fingerprint density at radius 3 is 2.62 bits per heavy atom. The molecule has 0 radical (unpaired) electrons. The largest absolute Gasteiger partial charge is 0.486 e. The third-order valence-corrected chi connectivity index (χ3v) is 4.19. The summed E-state index contributed by atoms with van der Waals surface area (Å²) in [5.41, 5.74) is 2.69. The number of benzene rings is 2. The highest BCUT2D eigenvalue weighted by Gasteiger charge is 2.37. The Balaban J connectivity index is 1.36. The zero-order valence-corrected chi connectivity index (χ0v) is 11.9. The topological polar surface area (TPSA) is 30.5 Å². The van der Waals surface area contributed by atoms with Gasteiger partial charge in [-0.05, 0) is 29.7 Å². The number of nitrogens with one attached hydrogen (secondary N) is 1. The van der Waals surface area contributed by atoms with Crippen LogP contribution < -0.4 is 14.8 Å². The second kappa shape index (κ2) is 5.41. The van der Waals surface area contributed by atoms with Crippen LogP contribution in [0.25, 0.3) is 0 Å². The van der Waals surface area contributed by atoms with E-state index < -0.39 is 0 Å². The molecule has 1 aliphatic heterocycles. The number of fused-ring (bicyclic) bond motifs is 1. The van der Waals surface area contributed by atoms with E-state index in [1.165, 1.54) is 17.5 Å². The van der Waals surface area contributed by atoms with Crippen molar-refractivity contribution in [2.75, 3.05) is 13.2 Å². The molecule has 21 heavy (non-hydrogen) atoms. The molecule has 3 nitrogen and oxygen atoms in total. The van der Waals surface area contributed by atoms with Crippen LogP contribution in [0.5, 0.6) is 11.5 Å². The van der Waals surface area contributed by atoms with Gasteiger partial charge in [-0.15, -0.1) is 0 Å². The lowest BCUT2D eigenvalue weighted by molar-refractivity contribution is 0.171. The first-order valence-electron chi connectivity index (χ1n) is 7.57. The molecule has 0 saturated heterocycles. The van der Waals surface area contributed by atoms with Gasteiger partial charge in [-0.1, -0.05) is 36.4 Å². The second-order valence-corrected chi connectivity index (χ2v) is 5.72. The maximum atomic E-state index is 5.62. The van der Waals surface area contributed by atoms with Gasteiger partial charge in [0.15, 0.2) is 11.5 Å². The van der Waals surface area contributed by atoms with Gasteiger partial charge >= 0.3 is 0 Å². The van der Waals surface area contributed by atoms with Crippen LogP contribution in [0.15, 0.2) is 48.5 Å². The van der Waals surface area contributed by atoms with Gasteiger partial charge < -0.3 is 14.8 Å². The van der Waals surface area contributed by atoms with Gasteiger partial charge in [0.2, 0.25) is 0 Å². The zero-order valence-electron chi connectivity index (χ0n) is 11.9. The Labute approximate surface area is 124 Å². The van der Waals surface area contributed by atoms with Gasteiger partial charge in [-0.2, -0.15) is 0 Å². The third kappa shape index (κ3) is 2.74. The molecule has 0 unspecified atom stereocenters. The summed E-state index contributed by atoms with van der Waals surface area (Å²) in [4.78, 5) is 0. The van der Waals surface area contributed by atoms with E-state index in [9.17, 15) is 0 Å². The molecule has 0 amide bonds. The number of rotatable bonds is 4. The van der Waals surface area contributed by atoms with Crippen LogP contribution in [0.4, 0.5) is 0 Å². The van der Waals surface area contributed by atoms with Crippen LogP contribution in [-0.2, 0) is 6.54 Å². The van der Waals surface area contributed by atoms with Crippen molar-refractivity contribution < 1.29 is 9.47 Å². The van der Waals surface area contributed by atoms with Crippen LogP contribution in [-0.4, -0.2) is 19.3 Å². The third-order valence-electron chi connectivity index (χ3n) is 4.19. The summed E-state index contributed by atoms with van der Waals surface area (Å²) in [5, 5.41) is 3.63. The van der Waals surface area contributed by atoms with Gasteiger partial charge in [0.25, 0.3) is 0 Å². The molecule has 2 aromatic carbocycles. The summed E-state index contributed by atoms with van der Waals surface area (Å²) < 4.78 is 11.2. The van der Waals surface area contributed by atoms with Crippen LogP contribution in [0.2, 0.25) is 0 Å². The molecule has 2 aromatic rings. The standard InChI is InChI=1S/C18H19NO2/c1-2-4-14(5-3-1)15-11-16(15)19-12-13-6-7-17-18(10-13)21-9-8-20-17/h1-7,10,15-16,19H,8-9,11-12H2/t15-,16+/m0/s1. The summed E-state index contributed by atoms with van der Waals surface area (Å²) in [5.74, 6) is 2.40. The fraction of sp³-hybridized carbons (Fsp3) is 0.333. The smallest absolute Gasteiger partial charge is 0.161 e. The summed E-state index contributed by atoms with van der Waals surface area (Å²) >= 11 is 0. The Morgan fingerprint density at radius 1 is 0.952 bits per heavy atom. The first-order valence-corrected chi connectivity index (χ1v) is 7.57. The Bertz CT molecular complexity index is 626. The van der Waals surface area contributed by atoms with E-state index in [1.54, 1.807) is 0 Å². The minimum atomic E-state index is 0.598. The lowest BCUT2D eigenvalue weighted by Gasteiger charge is -2.19. The van der Waals surface area contributed by atoms with Crippen molar-refractivity contribution in [3.63, 3.8) is 0 Å². The molecule has 0 aromatic heterocycles. The molecule has 4 rings (SSSR count). The second-order valence-electron chi connectivity index (χ2n) is 5.72. The van der Waals surface area contributed by atoms with E-state index in [0.29, 0.717) is 25.2 Å².